The predicted molar refractivity (Wildman–Crippen MR) is 73.9 cm³/mol. The van der Waals surface area contributed by atoms with Gasteiger partial charge in [0, 0.05) is 23.7 Å². The fraction of sp³-hybridized carbons (Fsp3) is 0.438. The van der Waals surface area contributed by atoms with Crippen molar-refractivity contribution in [3.63, 3.8) is 0 Å². The molecule has 0 bridgehead atoms. The highest BCUT2D eigenvalue weighted by Crippen LogP contribution is 2.40. The molecule has 2 aliphatic rings. The molecule has 0 radical (unpaired) electrons. The zero-order valence-corrected chi connectivity index (χ0v) is 11.1. The van der Waals surface area contributed by atoms with E-state index in [0.29, 0.717) is 12.0 Å². The molecule has 98 valence electrons. The molecule has 1 fully saturated rings. The van der Waals surface area contributed by atoms with Gasteiger partial charge in [0.15, 0.2) is 5.76 Å². The summed E-state index contributed by atoms with van der Waals surface area (Å²) in [5.74, 6) is 1.53. The molecule has 3 nitrogen and oxygen atoms in total. The second kappa shape index (κ2) is 4.20. The van der Waals surface area contributed by atoms with Crippen molar-refractivity contribution in [2.45, 2.75) is 44.7 Å². The summed E-state index contributed by atoms with van der Waals surface area (Å²) in [6.45, 7) is 3.13. The first-order chi connectivity index (χ1) is 9.33. The van der Waals surface area contributed by atoms with E-state index in [1.165, 1.54) is 29.5 Å². The Bertz CT molecular complexity index is 613. The van der Waals surface area contributed by atoms with Crippen molar-refractivity contribution in [3.05, 3.63) is 41.1 Å². The molecular formula is C16H18N2O. The molecule has 19 heavy (non-hydrogen) atoms. The minimum Gasteiger partial charge on any atom is -0.356 e. The van der Waals surface area contributed by atoms with Gasteiger partial charge >= 0.3 is 0 Å². The Balaban J connectivity index is 1.71. The van der Waals surface area contributed by atoms with Crippen molar-refractivity contribution in [3.8, 4) is 11.3 Å². The van der Waals surface area contributed by atoms with Gasteiger partial charge in [-0.1, -0.05) is 36.3 Å². The second-order valence-corrected chi connectivity index (χ2v) is 5.78. The predicted octanol–water partition coefficient (Wildman–Crippen LogP) is 3.25. The third-order valence-corrected chi connectivity index (χ3v) is 4.25. The van der Waals surface area contributed by atoms with Gasteiger partial charge in [-0.25, -0.2) is 0 Å². The van der Waals surface area contributed by atoms with Crippen molar-refractivity contribution in [2.75, 3.05) is 0 Å². The van der Waals surface area contributed by atoms with E-state index < -0.39 is 0 Å². The van der Waals surface area contributed by atoms with Crippen LogP contribution in [0.3, 0.4) is 0 Å². The summed E-state index contributed by atoms with van der Waals surface area (Å²) in [6.07, 6.45) is 3.65. The lowest BCUT2D eigenvalue weighted by Crippen LogP contribution is -2.17. The van der Waals surface area contributed by atoms with E-state index in [0.717, 1.165) is 24.4 Å². The molecule has 1 saturated carbocycles. The van der Waals surface area contributed by atoms with Crippen LogP contribution in [0, 0.1) is 0 Å². The maximum Gasteiger partial charge on any atom is 0.170 e. The lowest BCUT2D eigenvalue weighted by molar-refractivity contribution is 0.418. The van der Waals surface area contributed by atoms with Gasteiger partial charge in [-0.15, -0.1) is 0 Å². The average molecular weight is 254 g/mol. The molecule has 0 spiro atoms. The maximum absolute atomic E-state index is 5.62. The lowest BCUT2D eigenvalue weighted by Gasteiger charge is -2.21. The van der Waals surface area contributed by atoms with Crippen LogP contribution in [0.4, 0.5) is 0 Å². The van der Waals surface area contributed by atoms with Crippen LogP contribution in [0.1, 0.15) is 42.5 Å². The standard InChI is InChI=1S/C16H18N2O/c1-10-8-14-15(9-17-11-6-7-11)18-19-16(14)13-5-3-2-4-12(10)13/h2-5,10-11,17H,6-9H2,1H3. The van der Waals surface area contributed by atoms with Crippen LogP contribution < -0.4 is 5.32 Å². The molecule has 1 N–H and O–H groups in total. The quantitative estimate of drug-likeness (QED) is 0.913. The monoisotopic (exact) mass is 254 g/mol. The first-order valence-electron chi connectivity index (χ1n) is 7.13. The third-order valence-electron chi connectivity index (χ3n) is 4.25. The van der Waals surface area contributed by atoms with Crippen LogP contribution in [-0.2, 0) is 13.0 Å². The van der Waals surface area contributed by atoms with Crippen molar-refractivity contribution < 1.29 is 4.52 Å². The Labute approximate surface area is 113 Å². The van der Waals surface area contributed by atoms with Gasteiger partial charge in [0.05, 0.1) is 0 Å². The van der Waals surface area contributed by atoms with Crippen LogP contribution in [0.15, 0.2) is 28.8 Å². The molecule has 1 atom stereocenters. The van der Waals surface area contributed by atoms with Crippen LogP contribution in [0.5, 0.6) is 0 Å². The molecule has 0 saturated heterocycles. The first kappa shape index (κ1) is 11.2. The second-order valence-electron chi connectivity index (χ2n) is 5.78. The molecule has 0 amide bonds. The Morgan fingerprint density at radius 1 is 1.32 bits per heavy atom. The van der Waals surface area contributed by atoms with E-state index >= 15 is 0 Å². The minimum absolute atomic E-state index is 0.544. The zero-order chi connectivity index (χ0) is 12.8. The SMILES string of the molecule is CC1Cc2c(CNC3CC3)noc2-c2ccccc21. The van der Waals surface area contributed by atoms with Crippen molar-refractivity contribution in [1.82, 2.24) is 10.5 Å². The van der Waals surface area contributed by atoms with E-state index in [1.54, 1.807) is 0 Å². The summed E-state index contributed by atoms with van der Waals surface area (Å²) in [5.41, 5.74) is 5.01. The molecule has 1 aromatic carbocycles. The van der Waals surface area contributed by atoms with Crippen LogP contribution in [-0.4, -0.2) is 11.2 Å². The highest BCUT2D eigenvalue weighted by Gasteiger charge is 2.29. The van der Waals surface area contributed by atoms with Crippen molar-refractivity contribution >= 4 is 0 Å². The van der Waals surface area contributed by atoms with Gasteiger partial charge in [-0.2, -0.15) is 0 Å². The van der Waals surface area contributed by atoms with Gasteiger partial charge in [0.1, 0.15) is 5.69 Å². The number of benzene rings is 1. The molecule has 2 aromatic rings. The Kier molecular flexibility index (Phi) is 2.49. The highest BCUT2D eigenvalue weighted by atomic mass is 16.5. The fourth-order valence-electron chi connectivity index (χ4n) is 2.98. The number of hydrogen-bond acceptors (Lipinski definition) is 3. The Morgan fingerprint density at radius 3 is 3.00 bits per heavy atom. The van der Waals surface area contributed by atoms with Gasteiger partial charge in [0.2, 0.25) is 0 Å². The molecule has 2 aliphatic carbocycles. The summed E-state index contributed by atoms with van der Waals surface area (Å²) >= 11 is 0. The molecule has 1 heterocycles. The summed E-state index contributed by atoms with van der Waals surface area (Å²) in [5, 5.41) is 7.82. The molecular weight excluding hydrogens is 236 g/mol. The van der Waals surface area contributed by atoms with Gasteiger partial charge in [0.25, 0.3) is 0 Å². The van der Waals surface area contributed by atoms with E-state index in [1.807, 2.05) is 0 Å². The van der Waals surface area contributed by atoms with Crippen molar-refractivity contribution in [1.29, 1.82) is 0 Å². The number of aromatic nitrogens is 1. The zero-order valence-electron chi connectivity index (χ0n) is 11.1. The summed E-state index contributed by atoms with van der Waals surface area (Å²) in [4.78, 5) is 0. The Morgan fingerprint density at radius 2 is 2.16 bits per heavy atom. The third kappa shape index (κ3) is 1.89. The van der Waals surface area contributed by atoms with E-state index in [2.05, 4.69) is 41.7 Å². The fourth-order valence-corrected chi connectivity index (χ4v) is 2.98. The normalized spacial score (nSPS) is 21.0. The first-order valence-corrected chi connectivity index (χ1v) is 7.13. The number of hydrogen-bond donors (Lipinski definition) is 1. The number of nitrogens with one attached hydrogen (secondary N) is 1. The van der Waals surface area contributed by atoms with Gasteiger partial charge in [-0.3, -0.25) is 0 Å². The molecule has 1 unspecified atom stereocenters. The summed E-state index contributed by atoms with van der Waals surface area (Å²) < 4.78 is 5.62. The largest absolute Gasteiger partial charge is 0.356 e. The van der Waals surface area contributed by atoms with Crippen LogP contribution >= 0.6 is 0 Å². The summed E-state index contributed by atoms with van der Waals surface area (Å²) in [6, 6.07) is 9.23. The lowest BCUT2D eigenvalue weighted by atomic mass is 9.82. The number of rotatable bonds is 3. The molecule has 1 aromatic heterocycles. The Hall–Kier alpha value is -1.61. The number of nitrogens with zero attached hydrogens (tertiary/aromatic N) is 1. The van der Waals surface area contributed by atoms with Gasteiger partial charge < -0.3 is 9.84 Å². The van der Waals surface area contributed by atoms with Crippen molar-refractivity contribution in [2.24, 2.45) is 0 Å². The van der Waals surface area contributed by atoms with E-state index in [4.69, 9.17) is 4.52 Å². The topological polar surface area (TPSA) is 38.1 Å². The average Bonchev–Trinajstić information content (AvgIpc) is 3.18. The molecule has 0 aliphatic heterocycles. The highest BCUT2D eigenvalue weighted by molar-refractivity contribution is 5.69. The minimum atomic E-state index is 0.544. The smallest absolute Gasteiger partial charge is 0.170 e. The van der Waals surface area contributed by atoms with Gasteiger partial charge in [-0.05, 0) is 30.7 Å². The molecule has 4 rings (SSSR count). The van der Waals surface area contributed by atoms with E-state index in [9.17, 15) is 0 Å². The van der Waals surface area contributed by atoms with Crippen LogP contribution in [0.2, 0.25) is 0 Å². The number of fused-ring (bicyclic) bond motifs is 3. The van der Waals surface area contributed by atoms with E-state index in [-0.39, 0.29) is 0 Å². The van der Waals surface area contributed by atoms with Crippen LogP contribution in [0.25, 0.3) is 11.3 Å². The summed E-state index contributed by atoms with van der Waals surface area (Å²) in [7, 11) is 0. The molecule has 3 heteroatoms. The maximum atomic E-state index is 5.62.